The average Bonchev–Trinajstić information content (AvgIpc) is 3.33. The van der Waals surface area contributed by atoms with Gasteiger partial charge in [0.2, 0.25) is 0 Å². The number of likely N-dealkylation sites (tertiary alicyclic amines) is 1. The van der Waals surface area contributed by atoms with Gasteiger partial charge in [0.05, 0.1) is 11.1 Å². The Kier molecular flexibility index (Phi) is 5.54. The zero-order valence-electron chi connectivity index (χ0n) is 19.4. The smallest absolute Gasteiger partial charge is 0.256 e. The van der Waals surface area contributed by atoms with E-state index in [0.29, 0.717) is 43.3 Å². The van der Waals surface area contributed by atoms with Crippen LogP contribution >= 0.6 is 0 Å². The van der Waals surface area contributed by atoms with E-state index in [9.17, 15) is 9.59 Å². The molecule has 0 bridgehead atoms. The quantitative estimate of drug-likeness (QED) is 0.501. The molecule has 1 aromatic heterocycles. The molecule has 6 rings (SSSR count). The standard InChI is InChI=1S/C28H27N5O2/c34-27(21-10-5-2-6-11-21)32-16-14-31(15-17-32)22-18-33(19-22)28(35)23-12-7-13-24-25(23)30-26(29-24)20-8-3-1-4-9-20/h1-13,22H,14-19H2,(H,29,30). The molecule has 3 heterocycles. The number of carbonyl (C=O) groups excluding carboxylic acids is 2. The first-order valence-electron chi connectivity index (χ1n) is 12.1. The number of piperazine rings is 1. The maximum Gasteiger partial charge on any atom is 0.256 e. The first kappa shape index (κ1) is 21.6. The van der Waals surface area contributed by atoms with E-state index in [0.717, 1.165) is 35.6 Å². The van der Waals surface area contributed by atoms with Crippen molar-refractivity contribution >= 4 is 22.8 Å². The van der Waals surface area contributed by atoms with E-state index in [-0.39, 0.29) is 11.8 Å². The van der Waals surface area contributed by atoms with Crippen molar-refractivity contribution in [2.75, 3.05) is 39.3 Å². The van der Waals surface area contributed by atoms with Crippen LogP contribution in [0.25, 0.3) is 22.4 Å². The van der Waals surface area contributed by atoms with Gasteiger partial charge in [-0.2, -0.15) is 0 Å². The summed E-state index contributed by atoms with van der Waals surface area (Å²) in [4.78, 5) is 40.3. The van der Waals surface area contributed by atoms with Crippen molar-refractivity contribution < 1.29 is 9.59 Å². The number of hydrogen-bond acceptors (Lipinski definition) is 4. The van der Waals surface area contributed by atoms with E-state index in [1.54, 1.807) is 0 Å². The number of imidazole rings is 1. The van der Waals surface area contributed by atoms with Crippen molar-refractivity contribution in [1.29, 1.82) is 0 Å². The Morgan fingerprint density at radius 2 is 1.43 bits per heavy atom. The lowest BCUT2D eigenvalue weighted by Gasteiger charge is -2.48. The summed E-state index contributed by atoms with van der Waals surface area (Å²) in [5, 5.41) is 0. The molecule has 1 N–H and O–H groups in total. The van der Waals surface area contributed by atoms with Crippen molar-refractivity contribution in [3.63, 3.8) is 0 Å². The lowest BCUT2D eigenvalue weighted by molar-refractivity contribution is 0.00863. The normalized spacial score (nSPS) is 16.9. The largest absolute Gasteiger partial charge is 0.338 e. The molecular formula is C28H27N5O2. The van der Waals surface area contributed by atoms with Crippen LogP contribution in [-0.4, -0.2) is 81.8 Å². The molecule has 2 aliphatic rings. The molecule has 35 heavy (non-hydrogen) atoms. The third-order valence-corrected chi connectivity index (χ3v) is 7.08. The molecule has 7 heteroatoms. The molecule has 7 nitrogen and oxygen atoms in total. The van der Waals surface area contributed by atoms with Crippen molar-refractivity contribution in [3.05, 3.63) is 90.0 Å². The molecule has 0 radical (unpaired) electrons. The summed E-state index contributed by atoms with van der Waals surface area (Å²) in [6.45, 7) is 4.51. The number of carbonyl (C=O) groups is 2. The van der Waals surface area contributed by atoms with Crippen LogP contribution in [0.4, 0.5) is 0 Å². The first-order chi connectivity index (χ1) is 17.2. The Balaban J connectivity index is 1.08. The summed E-state index contributed by atoms with van der Waals surface area (Å²) >= 11 is 0. The van der Waals surface area contributed by atoms with E-state index in [1.165, 1.54) is 0 Å². The number of aromatic nitrogens is 2. The number of rotatable bonds is 4. The highest BCUT2D eigenvalue weighted by molar-refractivity contribution is 6.05. The number of benzene rings is 3. The fourth-order valence-electron chi connectivity index (χ4n) is 5.01. The van der Waals surface area contributed by atoms with E-state index in [4.69, 9.17) is 4.98 Å². The van der Waals surface area contributed by atoms with Gasteiger partial charge in [0, 0.05) is 56.4 Å². The monoisotopic (exact) mass is 465 g/mol. The van der Waals surface area contributed by atoms with Crippen LogP contribution in [0.5, 0.6) is 0 Å². The van der Waals surface area contributed by atoms with E-state index >= 15 is 0 Å². The van der Waals surface area contributed by atoms with Crippen molar-refractivity contribution in [3.8, 4) is 11.4 Å². The minimum absolute atomic E-state index is 0.0239. The molecular weight excluding hydrogens is 438 g/mol. The molecule has 3 aromatic carbocycles. The molecule has 0 atom stereocenters. The number of fused-ring (bicyclic) bond motifs is 1. The maximum atomic E-state index is 13.3. The highest BCUT2D eigenvalue weighted by atomic mass is 16.2. The van der Waals surface area contributed by atoms with Gasteiger partial charge in [-0.15, -0.1) is 0 Å². The van der Waals surface area contributed by atoms with Crippen LogP contribution < -0.4 is 0 Å². The van der Waals surface area contributed by atoms with Crippen molar-refractivity contribution in [2.24, 2.45) is 0 Å². The third kappa shape index (κ3) is 4.08. The number of aromatic amines is 1. The van der Waals surface area contributed by atoms with Crippen LogP contribution in [0.1, 0.15) is 20.7 Å². The second kappa shape index (κ2) is 9.00. The predicted octanol–water partition coefficient (Wildman–Crippen LogP) is 3.51. The van der Waals surface area contributed by atoms with Gasteiger partial charge in [0.15, 0.2) is 0 Å². The highest BCUT2D eigenvalue weighted by Crippen LogP contribution is 2.26. The van der Waals surface area contributed by atoms with Crippen molar-refractivity contribution in [2.45, 2.75) is 6.04 Å². The molecule has 0 spiro atoms. The zero-order chi connectivity index (χ0) is 23.8. The molecule has 2 amide bonds. The van der Waals surface area contributed by atoms with Gasteiger partial charge in [-0.25, -0.2) is 4.98 Å². The summed E-state index contributed by atoms with van der Waals surface area (Å²) in [5.41, 5.74) is 3.96. The lowest BCUT2D eigenvalue weighted by Crippen LogP contribution is -2.64. The molecule has 0 aliphatic carbocycles. The topological polar surface area (TPSA) is 72.5 Å². The van der Waals surface area contributed by atoms with Crippen LogP contribution in [0.2, 0.25) is 0 Å². The number of H-pyrrole nitrogens is 1. The van der Waals surface area contributed by atoms with Gasteiger partial charge in [-0.05, 0) is 24.3 Å². The van der Waals surface area contributed by atoms with Gasteiger partial charge in [0.25, 0.3) is 11.8 Å². The average molecular weight is 466 g/mol. The Morgan fingerprint density at radius 3 is 2.14 bits per heavy atom. The number of nitrogens with zero attached hydrogens (tertiary/aromatic N) is 4. The fourth-order valence-corrected chi connectivity index (χ4v) is 5.01. The zero-order valence-corrected chi connectivity index (χ0v) is 19.4. The molecule has 2 aliphatic heterocycles. The minimum atomic E-state index is 0.0239. The number of hydrogen-bond donors (Lipinski definition) is 1. The van der Waals surface area contributed by atoms with Gasteiger partial charge in [0.1, 0.15) is 11.3 Å². The second-order valence-electron chi connectivity index (χ2n) is 9.21. The van der Waals surface area contributed by atoms with E-state index in [1.807, 2.05) is 88.7 Å². The summed E-state index contributed by atoms with van der Waals surface area (Å²) in [5.74, 6) is 0.888. The lowest BCUT2D eigenvalue weighted by atomic mass is 10.0. The molecule has 176 valence electrons. The Hall–Kier alpha value is -3.97. The molecule has 0 unspecified atom stereocenters. The van der Waals surface area contributed by atoms with Crippen LogP contribution in [0, 0.1) is 0 Å². The fraction of sp³-hybridized carbons (Fsp3) is 0.250. The second-order valence-corrected chi connectivity index (χ2v) is 9.21. The summed E-state index contributed by atoms with van der Waals surface area (Å²) in [7, 11) is 0. The first-order valence-corrected chi connectivity index (χ1v) is 12.1. The van der Waals surface area contributed by atoms with Crippen molar-refractivity contribution in [1.82, 2.24) is 24.7 Å². The van der Waals surface area contributed by atoms with Gasteiger partial charge in [-0.1, -0.05) is 54.6 Å². The number of nitrogens with one attached hydrogen (secondary N) is 1. The SMILES string of the molecule is O=C(c1ccccc1)N1CCN(C2CN(C(=O)c3cccc4[nH]c(-c5ccccc5)nc34)C2)CC1. The summed E-state index contributed by atoms with van der Waals surface area (Å²) < 4.78 is 0. The minimum Gasteiger partial charge on any atom is -0.338 e. The summed E-state index contributed by atoms with van der Waals surface area (Å²) in [6.07, 6.45) is 0. The highest BCUT2D eigenvalue weighted by Gasteiger charge is 2.37. The van der Waals surface area contributed by atoms with Crippen LogP contribution in [0.15, 0.2) is 78.9 Å². The molecule has 2 fully saturated rings. The number of para-hydroxylation sites is 1. The summed E-state index contributed by atoms with van der Waals surface area (Å²) in [6, 6.07) is 25.5. The van der Waals surface area contributed by atoms with Gasteiger partial charge >= 0.3 is 0 Å². The van der Waals surface area contributed by atoms with Gasteiger partial charge < -0.3 is 14.8 Å². The molecule has 4 aromatic rings. The third-order valence-electron chi connectivity index (χ3n) is 7.08. The maximum absolute atomic E-state index is 13.3. The van der Waals surface area contributed by atoms with E-state index < -0.39 is 0 Å². The molecule has 2 saturated heterocycles. The predicted molar refractivity (Wildman–Crippen MR) is 135 cm³/mol. The Morgan fingerprint density at radius 1 is 0.743 bits per heavy atom. The Bertz CT molecular complexity index is 1350. The van der Waals surface area contributed by atoms with Crippen LogP contribution in [0.3, 0.4) is 0 Å². The Labute approximate surface area is 204 Å². The van der Waals surface area contributed by atoms with E-state index in [2.05, 4.69) is 9.88 Å². The molecule has 0 saturated carbocycles. The van der Waals surface area contributed by atoms with Crippen LogP contribution in [-0.2, 0) is 0 Å². The number of amides is 2. The van der Waals surface area contributed by atoms with Gasteiger partial charge in [-0.3, -0.25) is 14.5 Å².